The van der Waals surface area contributed by atoms with Crippen LogP contribution in [0.15, 0.2) is 46.9 Å². The second-order valence-electron chi connectivity index (χ2n) is 4.76. The Morgan fingerprint density at radius 2 is 2.05 bits per heavy atom. The molecule has 0 aliphatic rings. The molecule has 3 rings (SSSR count). The minimum atomic E-state index is -0.192. The molecule has 108 valence electrons. The maximum absolute atomic E-state index is 6.32. The predicted molar refractivity (Wildman–Crippen MR) is 89.6 cm³/mol. The summed E-state index contributed by atoms with van der Waals surface area (Å²) < 4.78 is 8.39. The van der Waals surface area contributed by atoms with Crippen LogP contribution in [-0.2, 0) is 0 Å². The van der Waals surface area contributed by atoms with Crippen LogP contribution in [0.1, 0.15) is 18.1 Å². The number of ether oxygens (including phenoxy) is 1. The van der Waals surface area contributed by atoms with Gasteiger partial charge in [-0.15, -0.1) is 11.6 Å². The monoisotopic (exact) mass is 364 g/mol. The van der Waals surface area contributed by atoms with Gasteiger partial charge in [-0.2, -0.15) is 0 Å². The van der Waals surface area contributed by atoms with E-state index < -0.39 is 0 Å². The minimum absolute atomic E-state index is 0.192. The Balaban J connectivity index is 2.32. The van der Waals surface area contributed by atoms with Crippen LogP contribution < -0.4 is 4.74 Å². The molecule has 21 heavy (non-hydrogen) atoms. The highest BCUT2D eigenvalue weighted by Crippen LogP contribution is 2.30. The number of imidazole rings is 1. The fourth-order valence-electron chi connectivity index (χ4n) is 2.35. The van der Waals surface area contributed by atoms with E-state index in [1.165, 1.54) is 0 Å². The number of fused-ring (bicyclic) bond motifs is 1. The molecule has 0 radical (unpaired) electrons. The summed E-state index contributed by atoms with van der Waals surface area (Å²) in [5, 5.41) is -0.192. The molecule has 0 aliphatic heterocycles. The summed E-state index contributed by atoms with van der Waals surface area (Å²) in [5.74, 6) is 1.62. The largest absolute Gasteiger partial charge is 0.497 e. The van der Waals surface area contributed by atoms with Crippen molar-refractivity contribution in [2.24, 2.45) is 0 Å². The van der Waals surface area contributed by atoms with Crippen LogP contribution >= 0.6 is 27.5 Å². The fraction of sp³-hybridized carbons (Fsp3) is 0.188. The van der Waals surface area contributed by atoms with Crippen LogP contribution in [0.5, 0.6) is 5.75 Å². The lowest BCUT2D eigenvalue weighted by atomic mass is 10.2. The van der Waals surface area contributed by atoms with Crippen molar-refractivity contribution in [3.63, 3.8) is 0 Å². The number of hydrogen-bond acceptors (Lipinski definition) is 2. The summed E-state index contributed by atoms with van der Waals surface area (Å²) in [4.78, 5) is 4.65. The SMILES string of the molecule is COc1cccc(-n2c(C(C)Cl)nc3ccc(Br)cc32)c1. The van der Waals surface area contributed by atoms with Crippen molar-refractivity contribution in [1.82, 2.24) is 9.55 Å². The first-order valence-electron chi connectivity index (χ1n) is 6.56. The lowest BCUT2D eigenvalue weighted by Gasteiger charge is -2.12. The molecular weight excluding hydrogens is 352 g/mol. The van der Waals surface area contributed by atoms with E-state index in [9.17, 15) is 0 Å². The molecule has 3 aromatic rings. The van der Waals surface area contributed by atoms with Gasteiger partial charge in [0.15, 0.2) is 0 Å². The van der Waals surface area contributed by atoms with E-state index in [4.69, 9.17) is 16.3 Å². The molecule has 0 aliphatic carbocycles. The summed E-state index contributed by atoms with van der Waals surface area (Å²) in [7, 11) is 1.66. The first kappa shape index (κ1) is 14.4. The molecule has 1 heterocycles. The molecule has 1 unspecified atom stereocenters. The molecule has 3 nitrogen and oxygen atoms in total. The number of rotatable bonds is 3. The average molecular weight is 366 g/mol. The Morgan fingerprint density at radius 1 is 1.24 bits per heavy atom. The number of alkyl halides is 1. The van der Waals surface area contributed by atoms with E-state index >= 15 is 0 Å². The van der Waals surface area contributed by atoms with Crippen molar-refractivity contribution >= 4 is 38.6 Å². The van der Waals surface area contributed by atoms with Crippen LogP contribution in [0.25, 0.3) is 16.7 Å². The van der Waals surface area contributed by atoms with E-state index in [0.29, 0.717) is 0 Å². The molecule has 0 fully saturated rings. The molecular formula is C16H14BrClN2O. The third kappa shape index (κ3) is 2.65. The van der Waals surface area contributed by atoms with Crippen LogP contribution in [0, 0.1) is 0 Å². The van der Waals surface area contributed by atoms with Crippen LogP contribution in [0.2, 0.25) is 0 Å². The highest BCUT2D eigenvalue weighted by Gasteiger charge is 2.16. The molecule has 0 amide bonds. The fourth-order valence-corrected chi connectivity index (χ4v) is 2.85. The van der Waals surface area contributed by atoms with E-state index in [1.807, 2.05) is 49.4 Å². The lowest BCUT2D eigenvalue weighted by Crippen LogP contribution is -2.02. The first-order chi connectivity index (χ1) is 10.1. The summed E-state index contributed by atoms with van der Waals surface area (Å²) in [5.41, 5.74) is 2.92. The third-order valence-corrected chi connectivity index (χ3v) is 4.00. The Kier molecular flexibility index (Phi) is 3.91. The zero-order chi connectivity index (χ0) is 15.0. The highest BCUT2D eigenvalue weighted by atomic mass is 79.9. The van der Waals surface area contributed by atoms with Crippen molar-refractivity contribution < 1.29 is 4.74 Å². The molecule has 5 heteroatoms. The summed E-state index contributed by atoms with van der Waals surface area (Å²) in [6, 6.07) is 13.9. The van der Waals surface area contributed by atoms with Gasteiger partial charge in [0.2, 0.25) is 0 Å². The zero-order valence-electron chi connectivity index (χ0n) is 11.7. The van der Waals surface area contributed by atoms with Gasteiger partial charge in [-0.3, -0.25) is 4.57 Å². The van der Waals surface area contributed by atoms with Gasteiger partial charge >= 0.3 is 0 Å². The highest BCUT2D eigenvalue weighted by molar-refractivity contribution is 9.10. The number of benzene rings is 2. The van der Waals surface area contributed by atoms with Crippen molar-refractivity contribution in [2.45, 2.75) is 12.3 Å². The quantitative estimate of drug-likeness (QED) is 0.604. The maximum atomic E-state index is 6.32. The summed E-state index contributed by atoms with van der Waals surface area (Å²) in [6.45, 7) is 1.93. The van der Waals surface area contributed by atoms with Crippen LogP contribution in [0.3, 0.4) is 0 Å². The Labute approximate surface area is 136 Å². The number of aromatic nitrogens is 2. The van der Waals surface area contributed by atoms with Crippen molar-refractivity contribution in [2.75, 3.05) is 7.11 Å². The summed E-state index contributed by atoms with van der Waals surface area (Å²) in [6.07, 6.45) is 0. The summed E-state index contributed by atoms with van der Waals surface area (Å²) >= 11 is 9.83. The lowest BCUT2D eigenvalue weighted by molar-refractivity contribution is 0.414. The molecule has 0 bridgehead atoms. The van der Waals surface area contributed by atoms with Gasteiger partial charge in [-0.1, -0.05) is 22.0 Å². The molecule has 2 aromatic carbocycles. The topological polar surface area (TPSA) is 27.1 Å². The molecule has 1 aromatic heterocycles. The van der Waals surface area contributed by atoms with Crippen molar-refractivity contribution in [3.05, 3.63) is 52.8 Å². The number of halogens is 2. The number of hydrogen-bond donors (Lipinski definition) is 0. The maximum Gasteiger partial charge on any atom is 0.132 e. The Bertz CT molecular complexity index is 798. The Morgan fingerprint density at radius 3 is 2.76 bits per heavy atom. The standard InChI is InChI=1S/C16H14BrClN2O/c1-10(18)16-19-14-7-6-11(17)8-15(14)20(16)12-4-3-5-13(9-12)21-2/h3-10H,1-2H3. The molecule has 0 saturated heterocycles. The van der Waals surface area contributed by atoms with Gasteiger partial charge in [0, 0.05) is 10.5 Å². The number of nitrogens with zero attached hydrogens (tertiary/aromatic N) is 2. The van der Waals surface area contributed by atoms with E-state index in [0.717, 1.165) is 32.8 Å². The van der Waals surface area contributed by atoms with Gasteiger partial charge in [-0.25, -0.2) is 4.98 Å². The normalized spacial score (nSPS) is 12.6. The average Bonchev–Trinajstić information content (AvgIpc) is 2.86. The molecule has 0 N–H and O–H groups in total. The molecule has 0 spiro atoms. The van der Waals surface area contributed by atoms with Gasteiger partial charge in [-0.05, 0) is 37.3 Å². The van der Waals surface area contributed by atoms with Gasteiger partial charge in [0.25, 0.3) is 0 Å². The predicted octanol–water partition coefficient (Wildman–Crippen LogP) is 5.10. The van der Waals surface area contributed by atoms with Crippen molar-refractivity contribution in [1.29, 1.82) is 0 Å². The van der Waals surface area contributed by atoms with Gasteiger partial charge in [0.1, 0.15) is 11.6 Å². The molecule has 0 saturated carbocycles. The minimum Gasteiger partial charge on any atom is -0.497 e. The molecule has 1 atom stereocenters. The van der Waals surface area contributed by atoms with Crippen molar-refractivity contribution in [3.8, 4) is 11.4 Å². The second kappa shape index (κ2) is 5.70. The van der Waals surface area contributed by atoms with Gasteiger partial charge in [0.05, 0.1) is 29.2 Å². The second-order valence-corrected chi connectivity index (χ2v) is 6.33. The Hall–Kier alpha value is -1.52. The van der Waals surface area contributed by atoms with E-state index in [1.54, 1.807) is 7.11 Å². The van der Waals surface area contributed by atoms with Gasteiger partial charge < -0.3 is 4.74 Å². The third-order valence-electron chi connectivity index (χ3n) is 3.31. The first-order valence-corrected chi connectivity index (χ1v) is 7.79. The van der Waals surface area contributed by atoms with Crippen LogP contribution in [-0.4, -0.2) is 16.7 Å². The smallest absolute Gasteiger partial charge is 0.132 e. The van der Waals surface area contributed by atoms with E-state index in [-0.39, 0.29) is 5.38 Å². The number of methoxy groups -OCH3 is 1. The van der Waals surface area contributed by atoms with Crippen LogP contribution in [0.4, 0.5) is 0 Å². The van der Waals surface area contributed by atoms with E-state index in [2.05, 4.69) is 25.5 Å². The zero-order valence-corrected chi connectivity index (χ0v) is 14.0.